The highest BCUT2D eigenvalue weighted by Gasteiger charge is 2.05. The van der Waals surface area contributed by atoms with E-state index in [1.165, 1.54) is 6.92 Å². The number of hydrogen-bond acceptors (Lipinski definition) is 2. The van der Waals surface area contributed by atoms with Crippen LogP contribution in [0.1, 0.15) is 45.6 Å². The number of rotatable bonds is 3. The first-order valence-corrected chi connectivity index (χ1v) is 5.88. The molecule has 0 bridgehead atoms. The van der Waals surface area contributed by atoms with Crippen LogP contribution < -0.4 is 5.32 Å². The second-order valence-corrected chi connectivity index (χ2v) is 3.57. The number of nitrogens with zero attached hydrogens (tertiary/aromatic N) is 1. The van der Waals surface area contributed by atoms with Crippen molar-refractivity contribution in [2.45, 2.75) is 40.0 Å². The number of nitriles is 1. The van der Waals surface area contributed by atoms with Crippen molar-refractivity contribution in [2.24, 2.45) is 0 Å². The van der Waals surface area contributed by atoms with Crippen molar-refractivity contribution in [3.05, 3.63) is 29.8 Å². The molecule has 0 aromatic heterocycles. The van der Waals surface area contributed by atoms with Gasteiger partial charge in [-0.1, -0.05) is 32.9 Å². The number of carbonyl (C=O) groups is 1. The van der Waals surface area contributed by atoms with E-state index in [1.807, 2.05) is 45.0 Å². The molecular weight excluding hydrogens is 212 g/mol. The van der Waals surface area contributed by atoms with Crippen LogP contribution in [0.4, 0.5) is 5.69 Å². The normalized spacial score (nSPS) is 10.5. The van der Waals surface area contributed by atoms with E-state index >= 15 is 0 Å². The van der Waals surface area contributed by atoms with Crippen LogP contribution in [0.2, 0.25) is 0 Å². The molecule has 0 spiro atoms. The van der Waals surface area contributed by atoms with E-state index in [1.54, 1.807) is 0 Å². The Bertz CT molecular complexity index is 393. The van der Waals surface area contributed by atoms with Gasteiger partial charge < -0.3 is 5.32 Å². The Morgan fingerprint density at radius 3 is 2.65 bits per heavy atom. The molecule has 1 atom stereocenters. The van der Waals surface area contributed by atoms with Gasteiger partial charge in [-0.2, -0.15) is 5.26 Å². The zero-order valence-electron chi connectivity index (χ0n) is 10.9. The first-order valence-electron chi connectivity index (χ1n) is 5.88. The molecule has 0 radical (unpaired) electrons. The van der Waals surface area contributed by atoms with Gasteiger partial charge in [-0.25, -0.2) is 0 Å². The van der Waals surface area contributed by atoms with Gasteiger partial charge in [0.15, 0.2) is 0 Å². The van der Waals surface area contributed by atoms with E-state index in [0.29, 0.717) is 6.42 Å². The maximum Gasteiger partial charge on any atom is 0.221 e. The van der Waals surface area contributed by atoms with Gasteiger partial charge in [-0.3, -0.25) is 4.79 Å². The minimum absolute atomic E-state index is 0.0833. The summed E-state index contributed by atoms with van der Waals surface area (Å²) in [7, 11) is 0. The largest absolute Gasteiger partial charge is 0.326 e. The Morgan fingerprint density at radius 1 is 1.47 bits per heavy atom. The molecule has 0 saturated heterocycles. The SMILES string of the molecule is CC.CC(=O)Nc1cccc(C(C)CC#N)c1. The van der Waals surface area contributed by atoms with Gasteiger partial charge in [-0.15, -0.1) is 0 Å². The second kappa shape index (κ2) is 8.35. The summed E-state index contributed by atoms with van der Waals surface area (Å²) in [6.45, 7) is 7.47. The summed E-state index contributed by atoms with van der Waals surface area (Å²) >= 11 is 0. The summed E-state index contributed by atoms with van der Waals surface area (Å²) in [4.78, 5) is 10.9. The monoisotopic (exact) mass is 232 g/mol. The molecule has 1 aromatic rings. The number of amides is 1. The summed E-state index contributed by atoms with van der Waals surface area (Å²) in [6.07, 6.45) is 0.490. The minimum Gasteiger partial charge on any atom is -0.326 e. The van der Waals surface area contributed by atoms with Gasteiger partial charge >= 0.3 is 0 Å². The van der Waals surface area contributed by atoms with Gasteiger partial charge in [-0.05, 0) is 23.6 Å². The Morgan fingerprint density at radius 2 is 2.12 bits per heavy atom. The fourth-order valence-electron chi connectivity index (χ4n) is 1.38. The highest BCUT2D eigenvalue weighted by atomic mass is 16.1. The Balaban J connectivity index is 0.00000121. The summed E-state index contributed by atoms with van der Waals surface area (Å²) in [5.41, 5.74) is 1.85. The average Bonchev–Trinajstić information content (AvgIpc) is 2.31. The fourth-order valence-corrected chi connectivity index (χ4v) is 1.38. The van der Waals surface area contributed by atoms with Crippen LogP contribution in [0.25, 0.3) is 0 Å². The highest BCUT2D eigenvalue weighted by Crippen LogP contribution is 2.21. The molecule has 0 saturated carbocycles. The Hall–Kier alpha value is -1.82. The third-order valence-electron chi connectivity index (χ3n) is 2.17. The van der Waals surface area contributed by atoms with Gasteiger partial charge in [0.1, 0.15) is 0 Å². The Kier molecular flexibility index (Phi) is 7.45. The smallest absolute Gasteiger partial charge is 0.221 e. The van der Waals surface area contributed by atoms with Crippen molar-refractivity contribution in [3.63, 3.8) is 0 Å². The molecular formula is C14H20N2O. The van der Waals surface area contributed by atoms with Gasteiger partial charge in [0.05, 0.1) is 6.07 Å². The number of hydrogen-bond donors (Lipinski definition) is 1. The molecule has 17 heavy (non-hydrogen) atoms. The maximum atomic E-state index is 10.9. The van der Waals surface area contributed by atoms with Crippen molar-refractivity contribution in [1.29, 1.82) is 5.26 Å². The van der Waals surface area contributed by atoms with Crippen LogP contribution in [0.3, 0.4) is 0 Å². The molecule has 0 aliphatic heterocycles. The van der Waals surface area contributed by atoms with E-state index in [4.69, 9.17) is 5.26 Å². The molecule has 1 unspecified atom stereocenters. The van der Waals surface area contributed by atoms with E-state index < -0.39 is 0 Å². The van der Waals surface area contributed by atoms with E-state index in [9.17, 15) is 4.79 Å². The molecule has 0 fully saturated rings. The lowest BCUT2D eigenvalue weighted by atomic mass is 9.98. The average molecular weight is 232 g/mol. The highest BCUT2D eigenvalue weighted by molar-refractivity contribution is 5.88. The van der Waals surface area contributed by atoms with E-state index in [-0.39, 0.29) is 11.8 Å². The van der Waals surface area contributed by atoms with Crippen LogP contribution in [0.15, 0.2) is 24.3 Å². The van der Waals surface area contributed by atoms with Crippen LogP contribution in [-0.2, 0) is 4.79 Å². The van der Waals surface area contributed by atoms with Gasteiger partial charge in [0.25, 0.3) is 0 Å². The zero-order chi connectivity index (χ0) is 13.3. The third kappa shape index (κ3) is 5.72. The maximum absolute atomic E-state index is 10.9. The first kappa shape index (κ1) is 15.2. The lowest BCUT2D eigenvalue weighted by molar-refractivity contribution is -0.114. The summed E-state index contributed by atoms with van der Waals surface area (Å²) in [6, 6.07) is 9.73. The second-order valence-electron chi connectivity index (χ2n) is 3.57. The molecule has 0 aliphatic rings. The standard InChI is InChI=1S/C12H14N2O.C2H6/c1-9(6-7-13)11-4-3-5-12(8-11)14-10(2)15;1-2/h3-5,8-9H,6H2,1-2H3,(H,14,15);1-2H3. The summed E-state index contributed by atoms with van der Waals surface area (Å²) < 4.78 is 0. The van der Waals surface area contributed by atoms with Crippen LogP contribution in [-0.4, -0.2) is 5.91 Å². The van der Waals surface area contributed by atoms with Crippen molar-refractivity contribution < 1.29 is 4.79 Å². The number of anilines is 1. The molecule has 1 N–H and O–H groups in total. The van der Waals surface area contributed by atoms with Crippen LogP contribution >= 0.6 is 0 Å². The Labute approximate surface area is 103 Å². The lowest BCUT2D eigenvalue weighted by Crippen LogP contribution is -2.06. The predicted octanol–water partition coefficient (Wildman–Crippen LogP) is 3.69. The summed E-state index contributed by atoms with van der Waals surface area (Å²) in [5, 5.41) is 11.3. The van der Waals surface area contributed by atoms with Crippen LogP contribution in [0, 0.1) is 11.3 Å². The quantitative estimate of drug-likeness (QED) is 0.864. The van der Waals surface area contributed by atoms with Crippen molar-refractivity contribution in [3.8, 4) is 6.07 Å². The molecule has 1 aromatic carbocycles. The number of nitrogens with one attached hydrogen (secondary N) is 1. The topological polar surface area (TPSA) is 52.9 Å². The molecule has 1 amide bonds. The van der Waals surface area contributed by atoms with Gasteiger partial charge in [0, 0.05) is 19.0 Å². The van der Waals surface area contributed by atoms with E-state index in [0.717, 1.165) is 11.3 Å². The third-order valence-corrected chi connectivity index (χ3v) is 2.17. The van der Waals surface area contributed by atoms with Crippen molar-refractivity contribution in [1.82, 2.24) is 0 Å². The molecule has 92 valence electrons. The summed E-state index contributed by atoms with van der Waals surface area (Å²) in [5.74, 6) is 0.115. The molecule has 3 heteroatoms. The van der Waals surface area contributed by atoms with E-state index in [2.05, 4.69) is 11.4 Å². The van der Waals surface area contributed by atoms with Gasteiger partial charge in [0.2, 0.25) is 5.91 Å². The minimum atomic E-state index is -0.0833. The molecule has 0 heterocycles. The lowest BCUT2D eigenvalue weighted by Gasteiger charge is -2.09. The van der Waals surface area contributed by atoms with Crippen molar-refractivity contribution >= 4 is 11.6 Å². The number of benzene rings is 1. The predicted molar refractivity (Wildman–Crippen MR) is 70.7 cm³/mol. The zero-order valence-corrected chi connectivity index (χ0v) is 10.9. The molecule has 0 aliphatic carbocycles. The number of carbonyl (C=O) groups excluding carboxylic acids is 1. The molecule has 1 rings (SSSR count). The van der Waals surface area contributed by atoms with Crippen molar-refractivity contribution in [2.75, 3.05) is 5.32 Å². The van der Waals surface area contributed by atoms with Crippen LogP contribution in [0.5, 0.6) is 0 Å². The first-order chi connectivity index (χ1) is 8.13. The molecule has 3 nitrogen and oxygen atoms in total. The fraction of sp³-hybridized carbons (Fsp3) is 0.429.